The molecule has 0 aliphatic carbocycles. The van der Waals surface area contributed by atoms with Crippen molar-refractivity contribution in [2.75, 3.05) is 25.5 Å². The van der Waals surface area contributed by atoms with Crippen LogP contribution < -0.4 is 5.32 Å². The molecule has 0 amide bonds. The molecule has 2 aromatic rings. The fourth-order valence-electron chi connectivity index (χ4n) is 2.19. The zero-order chi connectivity index (χ0) is 15.2. The molecule has 0 aliphatic rings. The minimum Gasteiger partial charge on any atom is -0.384 e. The van der Waals surface area contributed by atoms with E-state index in [1.54, 1.807) is 0 Å². The molecule has 21 heavy (non-hydrogen) atoms. The third kappa shape index (κ3) is 5.03. The highest BCUT2D eigenvalue weighted by molar-refractivity contribution is 9.10. The second-order valence-electron chi connectivity index (χ2n) is 5.15. The zero-order valence-electron chi connectivity index (χ0n) is 12.3. The first-order valence-electron chi connectivity index (χ1n) is 7.01. The molecule has 2 rings (SSSR count). The summed E-state index contributed by atoms with van der Waals surface area (Å²) >= 11 is 9.54. The molecule has 1 atom stereocenters. The number of anilines is 1. The maximum atomic E-state index is 6.06. The Morgan fingerprint density at radius 1 is 1.19 bits per heavy atom. The summed E-state index contributed by atoms with van der Waals surface area (Å²) in [6.07, 6.45) is 0. The smallest absolute Gasteiger partial charge is 0.0409 e. The molecule has 0 radical (unpaired) electrons. The predicted molar refractivity (Wildman–Crippen MR) is 95.1 cm³/mol. The Bertz CT molecular complexity index is 589. The highest BCUT2D eigenvalue weighted by Gasteiger charge is 2.11. The molecule has 1 N–H and O–H groups in total. The van der Waals surface area contributed by atoms with Crippen LogP contribution in [0.4, 0.5) is 5.69 Å². The summed E-state index contributed by atoms with van der Waals surface area (Å²) in [6.45, 7) is 4.06. The topological polar surface area (TPSA) is 15.3 Å². The second kappa shape index (κ2) is 7.83. The van der Waals surface area contributed by atoms with Crippen LogP contribution in [0.15, 0.2) is 53.0 Å². The molecule has 0 fully saturated rings. The minimum atomic E-state index is 0.341. The summed E-state index contributed by atoms with van der Waals surface area (Å²) in [5.74, 6) is 0. The lowest BCUT2D eigenvalue weighted by Gasteiger charge is -2.25. The molecule has 1 unspecified atom stereocenters. The van der Waals surface area contributed by atoms with Gasteiger partial charge in [-0.25, -0.2) is 0 Å². The van der Waals surface area contributed by atoms with Crippen molar-refractivity contribution in [3.05, 3.63) is 63.6 Å². The van der Waals surface area contributed by atoms with Crippen molar-refractivity contribution < 1.29 is 0 Å². The molecule has 0 aliphatic heterocycles. The van der Waals surface area contributed by atoms with Gasteiger partial charge in [-0.3, -0.25) is 4.90 Å². The van der Waals surface area contributed by atoms with E-state index < -0.39 is 0 Å². The van der Waals surface area contributed by atoms with Crippen LogP contribution in [-0.2, 0) is 0 Å². The van der Waals surface area contributed by atoms with E-state index in [9.17, 15) is 0 Å². The average molecular weight is 368 g/mol. The molecule has 0 bridgehead atoms. The monoisotopic (exact) mass is 366 g/mol. The van der Waals surface area contributed by atoms with Gasteiger partial charge >= 0.3 is 0 Å². The number of benzene rings is 2. The Hall–Kier alpha value is -1.03. The van der Waals surface area contributed by atoms with E-state index in [0.717, 1.165) is 28.3 Å². The molecular formula is C17H20BrClN2. The molecule has 0 spiro atoms. The van der Waals surface area contributed by atoms with Crippen molar-refractivity contribution in [3.63, 3.8) is 0 Å². The van der Waals surface area contributed by atoms with Gasteiger partial charge in [0, 0.05) is 34.3 Å². The van der Waals surface area contributed by atoms with Crippen molar-refractivity contribution >= 4 is 33.2 Å². The predicted octanol–water partition coefficient (Wildman–Crippen LogP) is 5.21. The summed E-state index contributed by atoms with van der Waals surface area (Å²) in [7, 11) is 2.13. The largest absolute Gasteiger partial charge is 0.384 e. The average Bonchev–Trinajstić information content (AvgIpc) is 2.46. The number of hydrogen-bond acceptors (Lipinski definition) is 2. The first-order chi connectivity index (χ1) is 10.1. The van der Waals surface area contributed by atoms with Gasteiger partial charge < -0.3 is 5.32 Å². The van der Waals surface area contributed by atoms with Gasteiger partial charge in [0.2, 0.25) is 0 Å². The van der Waals surface area contributed by atoms with Gasteiger partial charge in [0.25, 0.3) is 0 Å². The summed E-state index contributed by atoms with van der Waals surface area (Å²) in [4.78, 5) is 2.32. The fraction of sp³-hybridized carbons (Fsp3) is 0.294. The lowest BCUT2D eigenvalue weighted by atomic mass is 10.1. The molecule has 0 heterocycles. The van der Waals surface area contributed by atoms with Crippen LogP contribution in [0.5, 0.6) is 0 Å². The lowest BCUT2D eigenvalue weighted by molar-refractivity contribution is 0.271. The number of halogens is 2. The molecule has 112 valence electrons. The Morgan fingerprint density at radius 2 is 1.95 bits per heavy atom. The van der Waals surface area contributed by atoms with E-state index in [1.807, 2.05) is 30.3 Å². The third-order valence-corrected chi connectivity index (χ3v) is 4.34. The first kappa shape index (κ1) is 16.3. The van der Waals surface area contributed by atoms with E-state index >= 15 is 0 Å². The van der Waals surface area contributed by atoms with Crippen molar-refractivity contribution in [2.45, 2.75) is 13.0 Å². The van der Waals surface area contributed by atoms with Crippen LogP contribution in [0.3, 0.4) is 0 Å². The lowest BCUT2D eigenvalue weighted by Crippen LogP contribution is -2.28. The number of likely N-dealkylation sites (N-methyl/N-ethyl adjacent to an activating group) is 1. The van der Waals surface area contributed by atoms with Crippen LogP contribution in [0.1, 0.15) is 18.5 Å². The van der Waals surface area contributed by atoms with Crippen molar-refractivity contribution in [2.24, 2.45) is 0 Å². The van der Waals surface area contributed by atoms with Gasteiger partial charge in [-0.15, -0.1) is 0 Å². The number of nitrogens with zero attached hydrogens (tertiary/aromatic N) is 1. The number of nitrogens with one attached hydrogen (secondary N) is 1. The maximum absolute atomic E-state index is 6.06. The van der Waals surface area contributed by atoms with Gasteiger partial charge in [0.1, 0.15) is 0 Å². The van der Waals surface area contributed by atoms with E-state index in [1.165, 1.54) is 5.56 Å². The third-order valence-electron chi connectivity index (χ3n) is 3.61. The molecule has 0 saturated heterocycles. The maximum Gasteiger partial charge on any atom is 0.0409 e. The summed E-state index contributed by atoms with van der Waals surface area (Å²) in [5.41, 5.74) is 2.38. The van der Waals surface area contributed by atoms with E-state index in [2.05, 4.69) is 58.3 Å². The SMILES string of the molecule is CC(c1cccc(Cl)c1)N(C)CCNc1cccc(Br)c1. The Kier molecular flexibility index (Phi) is 6.09. The molecular weight excluding hydrogens is 348 g/mol. The van der Waals surface area contributed by atoms with Gasteiger partial charge in [0.15, 0.2) is 0 Å². The number of rotatable bonds is 6. The van der Waals surface area contributed by atoms with Gasteiger partial charge in [-0.05, 0) is 49.9 Å². The van der Waals surface area contributed by atoms with Gasteiger partial charge in [0.05, 0.1) is 0 Å². The summed E-state index contributed by atoms with van der Waals surface area (Å²) < 4.78 is 1.09. The summed E-state index contributed by atoms with van der Waals surface area (Å²) in [5, 5.41) is 4.23. The molecule has 2 aromatic carbocycles. The highest BCUT2D eigenvalue weighted by Crippen LogP contribution is 2.21. The van der Waals surface area contributed by atoms with E-state index in [0.29, 0.717) is 6.04 Å². The standard InChI is InChI=1S/C17H20BrClN2/c1-13(14-5-3-7-16(19)11-14)21(2)10-9-20-17-8-4-6-15(18)12-17/h3-8,11-13,20H,9-10H2,1-2H3. The van der Waals surface area contributed by atoms with Crippen molar-refractivity contribution in [1.82, 2.24) is 4.90 Å². The highest BCUT2D eigenvalue weighted by atomic mass is 79.9. The van der Waals surface area contributed by atoms with Crippen molar-refractivity contribution in [1.29, 1.82) is 0 Å². The Labute approximate surface area is 140 Å². The van der Waals surface area contributed by atoms with Gasteiger partial charge in [-0.1, -0.05) is 45.7 Å². The summed E-state index contributed by atoms with van der Waals surface area (Å²) in [6, 6.07) is 16.6. The molecule has 4 heteroatoms. The number of hydrogen-bond donors (Lipinski definition) is 1. The minimum absolute atomic E-state index is 0.341. The fourth-order valence-corrected chi connectivity index (χ4v) is 2.79. The normalized spacial score (nSPS) is 12.4. The Morgan fingerprint density at radius 3 is 2.67 bits per heavy atom. The van der Waals surface area contributed by atoms with E-state index in [-0.39, 0.29) is 0 Å². The van der Waals surface area contributed by atoms with Crippen LogP contribution in [0.25, 0.3) is 0 Å². The molecule has 0 aromatic heterocycles. The Balaban J connectivity index is 1.85. The zero-order valence-corrected chi connectivity index (χ0v) is 14.7. The van der Waals surface area contributed by atoms with Crippen LogP contribution in [-0.4, -0.2) is 25.0 Å². The molecule has 2 nitrogen and oxygen atoms in total. The van der Waals surface area contributed by atoms with Gasteiger partial charge in [-0.2, -0.15) is 0 Å². The van der Waals surface area contributed by atoms with Crippen LogP contribution in [0.2, 0.25) is 5.02 Å². The van der Waals surface area contributed by atoms with Crippen LogP contribution in [0, 0.1) is 0 Å². The second-order valence-corrected chi connectivity index (χ2v) is 6.50. The first-order valence-corrected chi connectivity index (χ1v) is 8.18. The van der Waals surface area contributed by atoms with Crippen LogP contribution >= 0.6 is 27.5 Å². The van der Waals surface area contributed by atoms with Crippen molar-refractivity contribution in [3.8, 4) is 0 Å². The van der Waals surface area contributed by atoms with E-state index in [4.69, 9.17) is 11.6 Å². The molecule has 0 saturated carbocycles. The quantitative estimate of drug-likeness (QED) is 0.754.